The van der Waals surface area contributed by atoms with Crippen LogP contribution in [0, 0.1) is 5.92 Å². The van der Waals surface area contributed by atoms with E-state index in [-0.39, 0.29) is 12.5 Å². The van der Waals surface area contributed by atoms with Crippen molar-refractivity contribution in [1.82, 2.24) is 20.9 Å². The van der Waals surface area contributed by atoms with Gasteiger partial charge in [0.15, 0.2) is 0 Å². The number of hydrogen-bond acceptors (Lipinski definition) is 4. The van der Waals surface area contributed by atoms with Gasteiger partial charge in [0, 0.05) is 19.1 Å². The molecule has 0 aromatic rings. The summed E-state index contributed by atoms with van der Waals surface area (Å²) in [5.74, 6) is 0.307. The van der Waals surface area contributed by atoms with Crippen LogP contribution in [-0.2, 0) is 4.79 Å². The van der Waals surface area contributed by atoms with Crippen molar-refractivity contribution in [2.75, 3.05) is 33.2 Å². The van der Waals surface area contributed by atoms with E-state index in [4.69, 9.17) is 0 Å². The van der Waals surface area contributed by atoms with Crippen LogP contribution in [0.2, 0.25) is 0 Å². The maximum Gasteiger partial charge on any atom is 0.321 e. The maximum absolute atomic E-state index is 11.8. The van der Waals surface area contributed by atoms with Gasteiger partial charge in [-0.3, -0.25) is 15.0 Å². The Kier molecular flexibility index (Phi) is 7.54. The van der Waals surface area contributed by atoms with E-state index in [2.05, 4.69) is 34.7 Å². The quantitative estimate of drug-likeness (QED) is 0.666. The first-order valence-electron chi connectivity index (χ1n) is 7.48. The zero-order chi connectivity index (χ0) is 15.0. The van der Waals surface area contributed by atoms with Crippen molar-refractivity contribution in [3.8, 4) is 0 Å². The molecule has 3 amide bonds. The average molecular weight is 284 g/mol. The minimum absolute atomic E-state index is 0.233. The number of carbonyl (C=O) groups is 2. The molecule has 1 aliphatic rings. The van der Waals surface area contributed by atoms with Crippen LogP contribution in [0.25, 0.3) is 0 Å². The second kappa shape index (κ2) is 8.92. The SMILES string of the molecule is CNC1CCCN(CC(=O)NC(=O)NCCC(C)C)C1. The fourth-order valence-corrected chi connectivity index (χ4v) is 2.32. The van der Waals surface area contributed by atoms with Crippen molar-refractivity contribution in [3.05, 3.63) is 0 Å². The van der Waals surface area contributed by atoms with Gasteiger partial charge in [0.25, 0.3) is 0 Å². The van der Waals surface area contributed by atoms with Gasteiger partial charge >= 0.3 is 6.03 Å². The van der Waals surface area contributed by atoms with Crippen molar-refractivity contribution in [2.24, 2.45) is 5.92 Å². The fraction of sp³-hybridized carbons (Fsp3) is 0.857. The molecule has 1 unspecified atom stereocenters. The van der Waals surface area contributed by atoms with E-state index in [9.17, 15) is 9.59 Å². The number of hydrogen-bond donors (Lipinski definition) is 3. The lowest BCUT2D eigenvalue weighted by Crippen LogP contribution is -2.50. The van der Waals surface area contributed by atoms with Gasteiger partial charge in [0.05, 0.1) is 6.54 Å². The molecule has 3 N–H and O–H groups in total. The Labute approximate surface area is 121 Å². The number of rotatable bonds is 6. The predicted molar refractivity (Wildman–Crippen MR) is 79.5 cm³/mol. The van der Waals surface area contributed by atoms with Gasteiger partial charge in [-0.25, -0.2) is 4.79 Å². The molecule has 0 aliphatic carbocycles. The van der Waals surface area contributed by atoms with E-state index in [0.29, 0.717) is 18.5 Å². The zero-order valence-electron chi connectivity index (χ0n) is 12.9. The van der Waals surface area contributed by atoms with Crippen molar-refractivity contribution < 1.29 is 9.59 Å². The van der Waals surface area contributed by atoms with Crippen LogP contribution in [0.1, 0.15) is 33.1 Å². The lowest BCUT2D eigenvalue weighted by molar-refractivity contribution is -0.121. The van der Waals surface area contributed by atoms with E-state index >= 15 is 0 Å². The summed E-state index contributed by atoms with van der Waals surface area (Å²) in [7, 11) is 1.94. The molecule has 6 heteroatoms. The smallest absolute Gasteiger partial charge is 0.321 e. The highest BCUT2D eigenvalue weighted by Crippen LogP contribution is 2.08. The number of nitrogens with zero attached hydrogens (tertiary/aromatic N) is 1. The van der Waals surface area contributed by atoms with Gasteiger partial charge in [-0.2, -0.15) is 0 Å². The van der Waals surface area contributed by atoms with Gasteiger partial charge in [0.2, 0.25) is 5.91 Å². The van der Waals surface area contributed by atoms with E-state index in [1.54, 1.807) is 0 Å². The van der Waals surface area contributed by atoms with Crippen LogP contribution in [0.15, 0.2) is 0 Å². The largest absolute Gasteiger partial charge is 0.338 e. The first-order chi connectivity index (χ1) is 9.51. The third kappa shape index (κ3) is 6.86. The van der Waals surface area contributed by atoms with E-state index in [0.717, 1.165) is 32.4 Å². The Morgan fingerprint density at radius 2 is 2.10 bits per heavy atom. The molecule has 1 heterocycles. The lowest BCUT2D eigenvalue weighted by atomic mass is 10.1. The Bertz CT molecular complexity index is 320. The number of imide groups is 1. The molecule has 6 nitrogen and oxygen atoms in total. The van der Waals surface area contributed by atoms with Crippen LogP contribution in [0.4, 0.5) is 4.79 Å². The van der Waals surface area contributed by atoms with Crippen LogP contribution in [-0.4, -0.2) is 56.1 Å². The molecule has 1 saturated heterocycles. The first kappa shape index (κ1) is 16.9. The molecule has 116 valence electrons. The highest BCUT2D eigenvalue weighted by molar-refractivity contribution is 5.95. The second-order valence-corrected chi connectivity index (χ2v) is 5.85. The molecule has 0 aromatic carbocycles. The fourth-order valence-electron chi connectivity index (χ4n) is 2.32. The maximum atomic E-state index is 11.8. The average Bonchev–Trinajstić information content (AvgIpc) is 2.38. The number of likely N-dealkylation sites (tertiary alicyclic amines) is 1. The highest BCUT2D eigenvalue weighted by Gasteiger charge is 2.20. The van der Waals surface area contributed by atoms with Gasteiger partial charge in [0.1, 0.15) is 0 Å². The number of amides is 3. The van der Waals surface area contributed by atoms with Crippen molar-refractivity contribution >= 4 is 11.9 Å². The molecule has 0 bridgehead atoms. The summed E-state index contributed by atoms with van der Waals surface area (Å²) < 4.78 is 0. The molecule has 1 atom stereocenters. The molecule has 0 radical (unpaired) electrons. The van der Waals surface area contributed by atoms with Crippen LogP contribution in [0.5, 0.6) is 0 Å². The van der Waals surface area contributed by atoms with Gasteiger partial charge in [-0.1, -0.05) is 13.8 Å². The first-order valence-corrected chi connectivity index (χ1v) is 7.48. The summed E-state index contributed by atoms with van der Waals surface area (Å²) in [5.41, 5.74) is 0. The number of piperidine rings is 1. The van der Waals surface area contributed by atoms with Crippen LogP contribution >= 0.6 is 0 Å². The normalized spacial score (nSPS) is 19.9. The summed E-state index contributed by atoms with van der Waals surface area (Å²) in [5, 5.41) is 8.32. The summed E-state index contributed by atoms with van der Waals surface area (Å²) in [6.45, 7) is 6.86. The van der Waals surface area contributed by atoms with Gasteiger partial charge < -0.3 is 10.6 Å². The molecule has 1 aliphatic heterocycles. The van der Waals surface area contributed by atoms with Crippen LogP contribution < -0.4 is 16.0 Å². The molecule has 1 fully saturated rings. The molecule has 0 aromatic heterocycles. The molecule has 20 heavy (non-hydrogen) atoms. The highest BCUT2D eigenvalue weighted by atomic mass is 16.2. The monoisotopic (exact) mass is 284 g/mol. The van der Waals surface area contributed by atoms with Crippen molar-refractivity contribution in [3.63, 3.8) is 0 Å². The minimum atomic E-state index is -0.391. The summed E-state index contributed by atoms with van der Waals surface area (Å²) in [4.78, 5) is 25.4. The van der Waals surface area contributed by atoms with E-state index in [1.165, 1.54) is 0 Å². The molecule has 0 spiro atoms. The Morgan fingerprint density at radius 1 is 1.35 bits per heavy atom. The Hall–Kier alpha value is -1.14. The Morgan fingerprint density at radius 3 is 2.75 bits per heavy atom. The second-order valence-electron chi connectivity index (χ2n) is 5.85. The van der Waals surface area contributed by atoms with E-state index < -0.39 is 6.03 Å². The third-order valence-corrected chi connectivity index (χ3v) is 3.54. The van der Waals surface area contributed by atoms with E-state index in [1.807, 2.05) is 7.05 Å². The zero-order valence-corrected chi connectivity index (χ0v) is 12.9. The number of nitrogens with one attached hydrogen (secondary N) is 3. The summed E-state index contributed by atoms with van der Waals surface area (Å²) in [6.07, 6.45) is 3.14. The number of urea groups is 1. The predicted octanol–water partition coefficient (Wildman–Crippen LogP) is 0.542. The number of likely N-dealkylation sites (N-methyl/N-ethyl adjacent to an activating group) is 1. The molecule has 1 rings (SSSR count). The summed E-state index contributed by atoms with van der Waals surface area (Å²) in [6, 6.07) is 0.0502. The lowest BCUT2D eigenvalue weighted by Gasteiger charge is -2.31. The van der Waals surface area contributed by atoms with Crippen molar-refractivity contribution in [1.29, 1.82) is 0 Å². The van der Waals surface area contributed by atoms with Crippen LogP contribution in [0.3, 0.4) is 0 Å². The molecule has 0 saturated carbocycles. The Balaban J connectivity index is 2.20. The van der Waals surface area contributed by atoms with Crippen molar-refractivity contribution in [2.45, 2.75) is 39.2 Å². The minimum Gasteiger partial charge on any atom is -0.338 e. The standard InChI is InChI=1S/C14H28N4O2/c1-11(2)6-7-16-14(20)17-13(19)10-18-8-4-5-12(9-18)15-3/h11-12,15H,4-10H2,1-3H3,(H2,16,17,19,20). The number of carbonyl (C=O) groups excluding carboxylic acids is 2. The third-order valence-electron chi connectivity index (χ3n) is 3.54. The van der Waals surface area contributed by atoms with Gasteiger partial charge in [-0.05, 0) is 38.8 Å². The summed E-state index contributed by atoms with van der Waals surface area (Å²) >= 11 is 0. The van der Waals surface area contributed by atoms with Gasteiger partial charge in [-0.15, -0.1) is 0 Å². The molecular formula is C14H28N4O2. The topological polar surface area (TPSA) is 73.5 Å². The molecular weight excluding hydrogens is 256 g/mol.